The predicted molar refractivity (Wildman–Crippen MR) is 45.6 cm³/mol. The van der Waals surface area contributed by atoms with Crippen LogP contribution in [0, 0.1) is 0 Å². The first-order valence-corrected chi connectivity index (χ1v) is 3.77. The van der Waals surface area contributed by atoms with Crippen molar-refractivity contribution in [1.29, 1.82) is 0 Å². The Morgan fingerprint density at radius 3 is 3.08 bits per heavy atom. The zero-order valence-electron chi connectivity index (χ0n) is 6.37. The molecule has 1 heterocycles. The number of rotatable bonds is 1. The summed E-state index contributed by atoms with van der Waals surface area (Å²) in [5.74, 6) is 0.743. The summed E-state index contributed by atoms with van der Waals surface area (Å²) in [4.78, 5) is 3.94. The van der Waals surface area contributed by atoms with Gasteiger partial charge in [0.1, 0.15) is 11.3 Å². The van der Waals surface area contributed by atoms with E-state index in [9.17, 15) is 0 Å². The predicted octanol–water partition coefficient (Wildman–Crippen LogP) is 2.49. The molecular formula is C8H6ClNO2. The fourth-order valence-electron chi connectivity index (χ4n) is 1.01. The first kappa shape index (κ1) is 7.43. The molecule has 0 aliphatic heterocycles. The molecular weight excluding hydrogens is 178 g/mol. The van der Waals surface area contributed by atoms with Crippen LogP contribution in [0.2, 0.25) is 5.35 Å². The monoisotopic (exact) mass is 183 g/mol. The van der Waals surface area contributed by atoms with E-state index in [0.29, 0.717) is 11.1 Å². The van der Waals surface area contributed by atoms with Gasteiger partial charge in [0.15, 0.2) is 5.58 Å². The average molecular weight is 184 g/mol. The van der Waals surface area contributed by atoms with Crippen molar-refractivity contribution in [3.05, 3.63) is 23.5 Å². The molecule has 0 atom stereocenters. The van der Waals surface area contributed by atoms with E-state index in [4.69, 9.17) is 20.8 Å². The van der Waals surface area contributed by atoms with E-state index in [1.807, 2.05) is 0 Å². The Balaban J connectivity index is 2.66. The highest BCUT2D eigenvalue weighted by atomic mass is 35.5. The fraction of sp³-hybridized carbons (Fsp3) is 0.125. The second-order valence-corrected chi connectivity index (χ2v) is 2.62. The van der Waals surface area contributed by atoms with Crippen molar-refractivity contribution in [1.82, 2.24) is 4.98 Å². The lowest BCUT2D eigenvalue weighted by molar-refractivity contribution is 0.415. The molecule has 0 fully saturated rings. The highest BCUT2D eigenvalue weighted by Gasteiger charge is 2.03. The Morgan fingerprint density at radius 1 is 1.50 bits per heavy atom. The van der Waals surface area contributed by atoms with E-state index in [-0.39, 0.29) is 5.35 Å². The lowest BCUT2D eigenvalue weighted by Gasteiger charge is -1.95. The van der Waals surface area contributed by atoms with Gasteiger partial charge in [-0.1, -0.05) is 0 Å². The Kier molecular flexibility index (Phi) is 1.66. The first-order chi connectivity index (χ1) is 5.79. The highest BCUT2D eigenvalue weighted by Crippen LogP contribution is 2.22. The van der Waals surface area contributed by atoms with Gasteiger partial charge in [-0.15, -0.1) is 0 Å². The summed E-state index contributed by atoms with van der Waals surface area (Å²) in [6.45, 7) is 0. The van der Waals surface area contributed by atoms with Crippen molar-refractivity contribution in [2.24, 2.45) is 0 Å². The number of aromatic nitrogens is 1. The number of hydrogen-bond donors (Lipinski definition) is 0. The topological polar surface area (TPSA) is 35.3 Å². The van der Waals surface area contributed by atoms with Crippen molar-refractivity contribution >= 4 is 22.7 Å². The SMILES string of the molecule is COc1ccc2oc(Cl)nc2c1. The van der Waals surface area contributed by atoms with Crippen LogP contribution < -0.4 is 4.74 Å². The van der Waals surface area contributed by atoms with Crippen LogP contribution in [-0.4, -0.2) is 12.1 Å². The van der Waals surface area contributed by atoms with Gasteiger partial charge < -0.3 is 9.15 Å². The first-order valence-electron chi connectivity index (χ1n) is 3.39. The average Bonchev–Trinajstić information content (AvgIpc) is 2.43. The Labute approximate surface area is 73.9 Å². The number of methoxy groups -OCH3 is 1. The van der Waals surface area contributed by atoms with Gasteiger partial charge in [-0.3, -0.25) is 0 Å². The van der Waals surface area contributed by atoms with Crippen LogP contribution in [0.5, 0.6) is 5.75 Å². The molecule has 1 aromatic heterocycles. The van der Waals surface area contributed by atoms with E-state index in [1.54, 1.807) is 25.3 Å². The van der Waals surface area contributed by atoms with Crippen LogP contribution in [-0.2, 0) is 0 Å². The van der Waals surface area contributed by atoms with Crippen molar-refractivity contribution in [3.63, 3.8) is 0 Å². The second-order valence-electron chi connectivity index (χ2n) is 2.30. The largest absolute Gasteiger partial charge is 0.497 e. The standard InChI is InChI=1S/C8H6ClNO2/c1-11-5-2-3-7-6(4-5)10-8(9)12-7/h2-4H,1H3. The summed E-state index contributed by atoms with van der Waals surface area (Å²) < 4.78 is 10.1. The van der Waals surface area contributed by atoms with Gasteiger partial charge >= 0.3 is 0 Å². The molecule has 0 aliphatic rings. The van der Waals surface area contributed by atoms with E-state index in [2.05, 4.69) is 4.98 Å². The molecule has 2 aromatic rings. The molecule has 0 amide bonds. The van der Waals surface area contributed by atoms with Crippen molar-refractivity contribution in [2.45, 2.75) is 0 Å². The van der Waals surface area contributed by atoms with Crippen LogP contribution in [0.15, 0.2) is 22.6 Å². The Hall–Kier alpha value is -1.22. The summed E-state index contributed by atoms with van der Waals surface area (Å²) in [6, 6.07) is 5.33. The molecule has 1 aromatic carbocycles. The molecule has 4 heteroatoms. The molecule has 0 bridgehead atoms. The number of fused-ring (bicyclic) bond motifs is 1. The molecule has 62 valence electrons. The maximum Gasteiger partial charge on any atom is 0.293 e. The quantitative estimate of drug-likeness (QED) is 0.682. The fourth-order valence-corrected chi connectivity index (χ4v) is 1.18. The summed E-state index contributed by atoms with van der Waals surface area (Å²) in [5, 5.41) is 0.151. The zero-order chi connectivity index (χ0) is 8.55. The normalized spacial score (nSPS) is 10.5. The van der Waals surface area contributed by atoms with E-state index >= 15 is 0 Å². The minimum absolute atomic E-state index is 0.151. The molecule has 0 saturated heterocycles. The van der Waals surface area contributed by atoms with Gasteiger partial charge in [-0.25, -0.2) is 0 Å². The smallest absolute Gasteiger partial charge is 0.293 e. The van der Waals surface area contributed by atoms with Crippen LogP contribution in [0.25, 0.3) is 11.1 Å². The second kappa shape index (κ2) is 2.68. The molecule has 0 unspecified atom stereocenters. The van der Waals surface area contributed by atoms with Crippen LogP contribution >= 0.6 is 11.6 Å². The van der Waals surface area contributed by atoms with Gasteiger partial charge in [-0.05, 0) is 23.7 Å². The third kappa shape index (κ3) is 1.12. The number of ether oxygens (including phenoxy) is 1. The van der Waals surface area contributed by atoms with E-state index < -0.39 is 0 Å². The zero-order valence-corrected chi connectivity index (χ0v) is 7.13. The summed E-state index contributed by atoms with van der Waals surface area (Å²) in [5.41, 5.74) is 1.38. The van der Waals surface area contributed by atoms with Crippen molar-refractivity contribution in [3.8, 4) is 5.75 Å². The van der Waals surface area contributed by atoms with Crippen LogP contribution in [0.4, 0.5) is 0 Å². The summed E-state index contributed by atoms with van der Waals surface area (Å²) in [6.07, 6.45) is 0. The van der Waals surface area contributed by atoms with Gasteiger partial charge in [0.2, 0.25) is 0 Å². The third-order valence-corrected chi connectivity index (χ3v) is 1.73. The van der Waals surface area contributed by atoms with Crippen LogP contribution in [0.3, 0.4) is 0 Å². The number of halogens is 1. The maximum absolute atomic E-state index is 5.56. The molecule has 0 radical (unpaired) electrons. The molecule has 0 aliphatic carbocycles. The number of benzene rings is 1. The third-order valence-electron chi connectivity index (χ3n) is 1.57. The Morgan fingerprint density at radius 2 is 2.33 bits per heavy atom. The molecule has 12 heavy (non-hydrogen) atoms. The van der Waals surface area contributed by atoms with Gasteiger partial charge in [0.05, 0.1) is 7.11 Å². The number of hydrogen-bond acceptors (Lipinski definition) is 3. The lowest BCUT2D eigenvalue weighted by Crippen LogP contribution is -1.80. The molecule has 0 spiro atoms. The Bertz CT molecular complexity index is 410. The van der Waals surface area contributed by atoms with E-state index in [0.717, 1.165) is 5.75 Å². The molecule has 0 saturated carbocycles. The molecule has 0 N–H and O–H groups in total. The summed E-state index contributed by atoms with van der Waals surface area (Å²) in [7, 11) is 1.60. The maximum atomic E-state index is 5.56. The molecule has 3 nitrogen and oxygen atoms in total. The van der Waals surface area contributed by atoms with Crippen molar-refractivity contribution in [2.75, 3.05) is 7.11 Å². The lowest BCUT2D eigenvalue weighted by atomic mass is 10.3. The number of nitrogens with zero attached hydrogens (tertiary/aromatic N) is 1. The van der Waals surface area contributed by atoms with Crippen molar-refractivity contribution < 1.29 is 9.15 Å². The number of oxazole rings is 1. The molecule has 2 rings (SSSR count). The van der Waals surface area contributed by atoms with E-state index in [1.165, 1.54) is 0 Å². The summed E-state index contributed by atoms with van der Waals surface area (Å²) >= 11 is 5.56. The van der Waals surface area contributed by atoms with Gasteiger partial charge in [0, 0.05) is 6.07 Å². The van der Waals surface area contributed by atoms with Gasteiger partial charge in [0.25, 0.3) is 5.35 Å². The highest BCUT2D eigenvalue weighted by molar-refractivity contribution is 6.28. The minimum atomic E-state index is 0.151. The van der Waals surface area contributed by atoms with Gasteiger partial charge in [-0.2, -0.15) is 4.98 Å². The minimum Gasteiger partial charge on any atom is -0.497 e. The van der Waals surface area contributed by atoms with Crippen LogP contribution in [0.1, 0.15) is 0 Å².